The van der Waals surface area contributed by atoms with Crippen LogP contribution >= 0.6 is 0 Å². The molecule has 2 heterocycles. The van der Waals surface area contributed by atoms with Crippen molar-refractivity contribution in [2.45, 2.75) is 51.5 Å². The average Bonchev–Trinajstić information content (AvgIpc) is 2.64. The summed E-state index contributed by atoms with van der Waals surface area (Å²) in [7, 11) is 2.40. The predicted molar refractivity (Wildman–Crippen MR) is 98.8 cm³/mol. The van der Waals surface area contributed by atoms with Crippen LogP contribution in [-0.2, 0) is 4.74 Å². The van der Waals surface area contributed by atoms with E-state index in [2.05, 4.69) is 14.0 Å². The van der Waals surface area contributed by atoms with Gasteiger partial charge >= 0.3 is 5.97 Å². The molecule has 0 radical (unpaired) electrons. The maximum Gasteiger partial charge on any atom is 0.338 e. The molecule has 3 atom stereocenters. The molecule has 2 fully saturated rings. The molecule has 0 saturated carbocycles. The summed E-state index contributed by atoms with van der Waals surface area (Å²) >= 11 is 0. The van der Waals surface area contributed by atoms with Crippen molar-refractivity contribution in [3.8, 4) is 5.75 Å². The molecule has 25 heavy (non-hydrogen) atoms. The Labute approximate surface area is 151 Å². The van der Waals surface area contributed by atoms with Gasteiger partial charge in [0, 0.05) is 12.3 Å². The first kappa shape index (κ1) is 18.2. The highest BCUT2D eigenvalue weighted by atomic mass is 16.5. The van der Waals surface area contributed by atoms with Gasteiger partial charge in [0.15, 0.2) is 0 Å². The normalized spacial score (nSPS) is 28.9. The molecular weight excluding hydrogens is 314 g/mol. The number of esters is 1. The van der Waals surface area contributed by atoms with Gasteiger partial charge < -0.3 is 14.0 Å². The number of piperidine rings is 2. The minimum atomic E-state index is -0.211. The third kappa shape index (κ3) is 4.35. The summed E-state index contributed by atoms with van der Waals surface area (Å²) in [5, 5.41) is 0. The Hall–Kier alpha value is -1.55. The van der Waals surface area contributed by atoms with E-state index in [9.17, 15) is 4.79 Å². The molecule has 0 N–H and O–H groups in total. The number of fused-ring (bicyclic) bond motifs is 1. The van der Waals surface area contributed by atoms with Gasteiger partial charge in [-0.25, -0.2) is 4.79 Å². The summed E-state index contributed by atoms with van der Waals surface area (Å²) in [5.74, 6) is 1.11. The standard InChI is InChI=1S/C21H32NO3/c1-3-15-24-19-11-9-17(10-12-19)21(23)25-16-18-7-6-14-22(2)13-5-4-8-20(18)22/h9-12,18,20H,3-8,13-16H2,1-2H3/q+1/t18-,20-,22?/m1/s1. The van der Waals surface area contributed by atoms with Crippen LogP contribution in [0, 0.1) is 5.92 Å². The number of nitrogens with zero attached hydrogens (tertiary/aromatic N) is 1. The van der Waals surface area contributed by atoms with Gasteiger partial charge in [0.1, 0.15) is 12.4 Å². The van der Waals surface area contributed by atoms with Crippen LogP contribution in [0.15, 0.2) is 24.3 Å². The molecule has 2 saturated heterocycles. The van der Waals surface area contributed by atoms with Crippen LogP contribution in [0.1, 0.15) is 55.8 Å². The number of benzene rings is 1. The summed E-state index contributed by atoms with van der Waals surface area (Å²) < 4.78 is 12.4. The summed E-state index contributed by atoms with van der Waals surface area (Å²) in [6.07, 6.45) is 7.36. The first-order valence-electron chi connectivity index (χ1n) is 9.86. The van der Waals surface area contributed by atoms with Gasteiger partial charge in [-0.15, -0.1) is 0 Å². The lowest BCUT2D eigenvalue weighted by molar-refractivity contribution is -0.947. The van der Waals surface area contributed by atoms with Gasteiger partial charge in [0.25, 0.3) is 0 Å². The third-order valence-electron chi connectivity index (χ3n) is 6.00. The zero-order chi connectivity index (χ0) is 17.7. The van der Waals surface area contributed by atoms with E-state index in [1.807, 2.05) is 12.1 Å². The molecule has 0 aromatic heterocycles. The van der Waals surface area contributed by atoms with Crippen molar-refractivity contribution >= 4 is 5.97 Å². The number of carbonyl (C=O) groups excluding carboxylic acids is 1. The number of carbonyl (C=O) groups is 1. The van der Waals surface area contributed by atoms with Crippen LogP contribution in [0.5, 0.6) is 5.75 Å². The molecule has 4 heteroatoms. The Kier molecular flexibility index (Phi) is 6.00. The molecule has 1 aromatic carbocycles. The fraction of sp³-hybridized carbons (Fsp3) is 0.667. The van der Waals surface area contributed by atoms with Crippen molar-refractivity contribution in [2.75, 3.05) is 33.4 Å². The van der Waals surface area contributed by atoms with Crippen molar-refractivity contribution in [1.82, 2.24) is 0 Å². The second-order valence-electron chi connectivity index (χ2n) is 7.86. The molecular formula is C21H32NO3+. The number of ether oxygens (including phenoxy) is 2. The van der Waals surface area contributed by atoms with Crippen LogP contribution in [0.25, 0.3) is 0 Å². The quantitative estimate of drug-likeness (QED) is 0.576. The molecule has 138 valence electrons. The fourth-order valence-electron chi connectivity index (χ4n) is 4.60. The predicted octanol–water partition coefficient (Wildman–Crippen LogP) is 4.04. The third-order valence-corrected chi connectivity index (χ3v) is 6.00. The van der Waals surface area contributed by atoms with E-state index < -0.39 is 0 Å². The van der Waals surface area contributed by atoms with E-state index >= 15 is 0 Å². The zero-order valence-electron chi connectivity index (χ0n) is 15.7. The largest absolute Gasteiger partial charge is 0.494 e. The van der Waals surface area contributed by atoms with E-state index in [0.717, 1.165) is 12.2 Å². The molecule has 1 unspecified atom stereocenters. The topological polar surface area (TPSA) is 35.5 Å². The molecule has 2 aliphatic rings. The van der Waals surface area contributed by atoms with Crippen LogP contribution < -0.4 is 4.74 Å². The van der Waals surface area contributed by atoms with Crippen molar-refractivity contribution in [3.05, 3.63) is 29.8 Å². The van der Waals surface area contributed by atoms with Gasteiger partial charge in [-0.1, -0.05) is 6.92 Å². The lowest BCUT2D eigenvalue weighted by atomic mass is 9.82. The van der Waals surface area contributed by atoms with Crippen molar-refractivity contribution in [3.63, 3.8) is 0 Å². The van der Waals surface area contributed by atoms with E-state index in [1.54, 1.807) is 12.1 Å². The molecule has 3 rings (SSSR count). The van der Waals surface area contributed by atoms with E-state index in [-0.39, 0.29) is 5.97 Å². The SMILES string of the molecule is CCCOc1ccc(C(=O)OC[C@H]2CCC[N+]3(C)CCCC[C@H]23)cc1. The van der Waals surface area contributed by atoms with E-state index in [1.165, 1.54) is 49.7 Å². The Morgan fingerprint density at radius 1 is 1.12 bits per heavy atom. The van der Waals surface area contributed by atoms with Crippen LogP contribution in [-0.4, -0.2) is 49.8 Å². The zero-order valence-corrected chi connectivity index (χ0v) is 15.7. The molecule has 0 spiro atoms. The monoisotopic (exact) mass is 346 g/mol. The minimum absolute atomic E-state index is 0.211. The molecule has 1 aromatic rings. The first-order valence-corrected chi connectivity index (χ1v) is 9.86. The Bertz CT molecular complexity index is 567. The highest BCUT2D eigenvalue weighted by molar-refractivity contribution is 5.89. The summed E-state index contributed by atoms with van der Waals surface area (Å²) in [6.45, 7) is 5.91. The number of quaternary nitrogens is 1. The smallest absolute Gasteiger partial charge is 0.338 e. The molecule has 0 bridgehead atoms. The van der Waals surface area contributed by atoms with Crippen LogP contribution in [0.2, 0.25) is 0 Å². The maximum absolute atomic E-state index is 12.4. The Morgan fingerprint density at radius 3 is 2.64 bits per heavy atom. The highest BCUT2D eigenvalue weighted by Gasteiger charge is 2.43. The van der Waals surface area contributed by atoms with Crippen molar-refractivity contribution < 1.29 is 18.8 Å². The Balaban J connectivity index is 1.54. The van der Waals surface area contributed by atoms with Crippen molar-refractivity contribution in [1.29, 1.82) is 0 Å². The molecule has 0 aliphatic carbocycles. The summed E-state index contributed by atoms with van der Waals surface area (Å²) in [4.78, 5) is 12.4. The first-order chi connectivity index (χ1) is 12.1. The summed E-state index contributed by atoms with van der Waals surface area (Å²) in [6, 6.07) is 7.97. The van der Waals surface area contributed by atoms with Crippen molar-refractivity contribution in [2.24, 2.45) is 5.92 Å². The van der Waals surface area contributed by atoms with Gasteiger partial charge in [-0.2, -0.15) is 0 Å². The van der Waals surface area contributed by atoms with Crippen LogP contribution in [0.4, 0.5) is 0 Å². The van der Waals surface area contributed by atoms with Gasteiger partial charge in [0.05, 0.1) is 38.3 Å². The average molecular weight is 346 g/mol. The lowest BCUT2D eigenvalue weighted by Crippen LogP contribution is -2.61. The van der Waals surface area contributed by atoms with Crippen LogP contribution in [0.3, 0.4) is 0 Å². The number of rotatable bonds is 6. The molecule has 4 nitrogen and oxygen atoms in total. The fourth-order valence-corrected chi connectivity index (χ4v) is 4.60. The second kappa shape index (κ2) is 8.22. The van der Waals surface area contributed by atoms with E-state index in [0.29, 0.717) is 30.7 Å². The van der Waals surface area contributed by atoms with Gasteiger partial charge in [0.2, 0.25) is 0 Å². The minimum Gasteiger partial charge on any atom is -0.494 e. The Morgan fingerprint density at radius 2 is 1.88 bits per heavy atom. The van der Waals surface area contributed by atoms with Gasteiger partial charge in [-0.3, -0.25) is 0 Å². The van der Waals surface area contributed by atoms with E-state index in [4.69, 9.17) is 9.47 Å². The lowest BCUT2D eigenvalue weighted by Gasteiger charge is -2.51. The maximum atomic E-state index is 12.4. The molecule has 0 amide bonds. The number of hydrogen-bond acceptors (Lipinski definition) is 3. The molecule has 2 aliphatic heterocycles. The summed E-state index contributed by atoms with van der Waals surface area (Å²) in [5.41, 5.74) is 0.612. The number of hydrogen-bond donors (Lipinski definition) is 0. The second-order valence-corrected chi connectivity index (χ2v) is 7.86. The highest BCUT2D eigenvalue weighted by Crippen LogP contribution is 2.36. The van der Waals surface area contributed by atoms with Gasteiger partial charge in [-0.05, 0) is 56.4 Å².